The molecule has 3 rings (SSSR count). The zero-order valence-corrected chi connectivity index (χ0v) is 11.6. The van der Waals surface area contributed by atoms with Crippen molar-refractivity contribution in [1.82, 2.24) is 25.0 Å². The van der Waals surface area contributed by atoms with E-state index < -0.39 is 0 Å². The minimum absolute atomic E-state index is 0.697. The molecule has 0 saturated carbocycles. The lowest BCUT2D eigenvalue weighted by atomic mass is 10.2. The number of hydrogen-bond donors (Lipinski definition) is 0. The first-order valence-electron chi connectivity index (χ1n) is 5.15. The first-order valence-corrected chi connectivity index (χ1v) is 6.23. The number of aromatic nitrogens is 5. The molecule has 0 aliphatic heterocycles. The Kier molecular flexibility index (Phi) is 2.82. The van der Waals surface area contributed by atoms with Crippen LogP contribution >= 0.6 is 22.6 Å². The third-order valence-electron chi connectivity index (χ3n) is 2.57. The molecule has 0 unspecified atom stereocenters. The lowest BCUT2D eigenvalue weighted by Gasteiger charge is -2.10. The molecular weight excluding hydrogens is 345 g/mol. The standard InChI is InChI=1S/C11H8IN5O/c1-18-8-3-2-7-9(13-6-14-11(7)12)10(8)17-5-4-15-16-17/h2-6H,1H3. The quantitative estimate of drug-likeness (QED) is 0.520. The molecule has 0 spiro atoms. The van der Waals surface area contributed by atoms with Gasteiger partial charge in [-0.15, -0.1) is 5.10 Å². The van der Waals surface area contributed by atoms with E-state index in [1.54, 1.807) is 24.2 Å². The normalized spacial score (nSPS) is 10.8. The molecule has 7 heteroatoms. The maximum Gasteiger partial charge on any atom is 0.146 e. The fourth-order valence-electron chi connectivity index (χ4n) is 1.78. The number of halogens is 1. The fraction of sp³-hybridized carbons (Fsp3) is 0.0909. The summed E-state index contributed by atoms with van der Waals surface area (Å²) in [5, 5.41) is 8.78. The SMILES string of the molecule is COc1ccc2c(I)ncnc2c1-n1ccnn1. The van der Waals surface area contributed by atoms with Crippen molar-refractivity contribution in [2.24, 2.45) is 0 Å². The van der Waals surface area contributed by atoms with Gasteiger partial charge in [0.2, 0.25) is 0 Å². The van der Waals surface area contributed by atoms with Crippen LogP contribution in [0.2, 0.25) is 0 Å². The zero-order chi connectivity index (χ0) is 12.5. The van der Waals surface area contributed by atoms with E-state index in [1.165, 1.54) is 6.33 Å². The van der Waals surface area contributed by atoms with Gasteiger partial charge in [0, 0.05) is 5.39 Å². The van der Waals surface area contributed by atoms with Gasteiger partial charge in [-0.1, -0.05) is 5.21 Å². The van der Waals surface area contributed by atoms with Crippen molar-refractivity contribution in [2.75, 3.05) is 7.11 Å². The van der Waals surface area contributed by atoms with Crippen LogP contribution in [0.25, 0.3) is 16.6 Å². The number of hydrogen-bond acceptors (Lipinski definition) is 5. The number of ether oxygens (including phenoxy) is 1. The van der Waals surface area contributed by atoms with Gasteiger partial charge < -0.3 is 4.74 Å². The van der Waals surface area contributed by atoms with E-state index in [9.17, 15) is 0 Å². The minimum atomic E-state index is 0.697. The predicted molar refractivity (Wildman–Crippen MR) is 73.7 cm³/mol. The molecule has 0 aliphatic carbocycles. The van der Waals surface area contributed by atoms with Gasteiger partial charge in [0.05, 0.1) is 19.5 Å². The van der Waals surface area contributed by atoms with Crippen LogP contribution in [0, 0.1) is 3.70 Å². The van der Waals surface area contributed by atoms with Crippen LogP contribution in [0.15, 0.2) is 30.9 Å². The highest BCUT2D eigenvalue weighted by molar-refractivity contribution is 14.1. The number of methoxy groups -OCH3 is 1. The van der Waals surface area contributed by atoms with Crippen molar-refractivity contribution in [3.05, 3.63) is 34.6 Å². The lowest BCUT2D eigenvalue weighted by Crippen LogP contribution is -2.02. The van der Waals surface area contributed by atoms with Crippen LogP contribution in [0.1, 0.15) is 0 Å². The first-order chi connectivity index (χ1) is 8.81. The molecular formula is C11H8IN5O. The summed E-state index contributed by atoms with van der Waals surface area (Å²) in [5.41, 5.74) is 1.56. The summed E-state index contributed by atoms with van der Waals surface area (Å²) in [6.07, 6.45) is 4.90. The Morgan fingerprint density at radius 1 is 1.28 bits per heavy atom. The molecule has 0 amide bonds. The molecule has 0 bridgehead atoms. The van der Waals surface area contributed by atoms with E-state index in [1.807, 2.05) is 12.1 Å². The number of benzene rings is 1. The van der Waals surface area contributed by atoms with Gasteiger partial charge in [-0.3, -0.25) is 0 Å². The molecule has 2 aromatic heterocycles. The number of fused-ring (bicyclic) bond motifs is 1. The van der Waals surface area contributed by atoms with Gasteiger partial charge in [-0.25, -0.2) is 14.6 Å². The molecule has 1 aromatic carbocycles. The Balaban J connectivity index is 2.42. The second kappa shape index (κ2) is 4.48. The van der Waals surface area contributed by atoms with Crippen molar-refractivity contribution in [3.8, 4) is 11.4 Å². The molecule has 0 atom stereocenters. The smallest absolute Gasteiger partial charge is 0.146 e. The Labute approximate surface area is 116 Å². The molecule has 2 heterocycles. The van der Waals surface area contributed by atoms with Gasteiger partial charge in [-0.05, 0) is 34.7 Å². The van der Waals surface area contributed by atoms with Crippen LogP contribution in [-0.2, 0) is 0 Å². The number of rotatable bonds is 2. The summed E-state index contributed by atoms with van der Waals surface area (Å²) < 4.78 is 7.90. The largest absolute Gasteiger partial charge is 0.494 e. The summed E-state index contributed by atoms with van der Waals surface area (Å²) in [7, 11) is 1.62. The van der Waals surface area contributed by atoms with Crippen molar-refractivity contribution < 1.29 is 4.74 Å². The highest BCUT2D eigenvalue weighted by atomic mass is 127. The predicted octanol–water partition coefficient (Wildman–Crippen LogP) is 1.82. The molecule has 0 N–H and O–H groups in total. The summed E-state index contributed by atoms with van der Waals surface area (Å²) in [6.45, 7) is 0. The van der Waals surface area contributed by atoms with Crippen molar-refractivity contribution >= 4 is 33.5 Å². The summed E-state index contributed by atoms with van der Waals surface area (Å²) in [5.74, 6) is 0.697. The minimum Gasteiger partial charge on any atom is -0.494 e. The van der Waals surface area contributed by atoms with Crippen LogP contribution < -0.4 is 4.74 Å². The summed E-state index contributed by atoms with van der Waals surface area (Å²) in [6, 6.07) is 3.82. The Hall–Kier alpha value is -1.77. The topological polar surface area (TPSA) is 65.7 Å². The average Bonchev–Trinajstić information content (AvgIpc) is 2.91. The summed E-state index contributed by atoms with van der Waals surface area (Å²) >= 11 is 2.18. The average molecular weight is 353 g/mol. The molecule has 0 saturated heterocycles. The maximum atomic E-state index is 5.37. The summed E-state index contributed by atoms with van der Waals surface area (Å²) in [4.78, 5) is 8.50. The molecule has 0 fully saturated rings. The van der Waals surface area contributed by atoms with Crippen molar-refractivity contribution in [2.45, 2.75) is 0 Å². The fourth-order valence-corrected chi connectivity index (χ4v) is 2.34. The molecule has 3 aromatic rings. The van der Waals surface area contributed by atoms with E-state index in [0.29, 0.717) is 5.75 Å². The first kappa shape index (κ1) is 11.3. The van der Waals surface area contributed by atoms with E-state index in [0.717, 1.165) is 20.3 Å². The van der Waals surface area contributed by atoms with E-state index in [4.69, 9.17) is 4.74 Å². The second-order valence-corrected chi connectivity index (χ2v) is 4.55. The molecule has 0 radical (unpaired) electrons. The highest BCUT2D eigenvalue weighted by Crippen LogP contribution is 2.30. The molecule has 90 valence electrons. The van der Waals surface area contributed by atoms with Gasteiger partial charge in [0.1, 0.15) is 27.0 Å². The van der Waals surface area contributed by atoms with Crippen molar-refractivity contribution in [3.63, 3.8) is 0 Å². The molecule has 18 heavy (non-hydrogen) atoms. The third kappa shape index (κ3) is 1.70. The number of nitrogens with zero attached hydrogens (tertiary/aromatic N) is 5. The van der Waals surface area contributed by atoms with Gasteiger partial charge in [-0.2, -0.15) is 0 Å². The molecule has 0 aliphatic rings. The van der Waals surface area contributed by atoms with E-state index in [-0.39, 0.29) is 0 Å². The Morgan fingerprint density at radius 3 is 2.89 bits per heavy atom. The van der Waals surface area contributed by atoms with Crippen LogP contribution in [0.4, 0.5) is 0 Å². The molecule has 6 nitrogen and oxygen atoms in total. The third-order valence-corrected chi connectivity index (χ3v) is 3.43. The maximum absolute atomic E-state index is 5.37. The Bertz CT molecular complexity index is 698. The van der Waals surface area contributed by atoms with Crippen LogP contribution in [-0.4, -0.2) is 32.1 Å². The van der Waals surface area contributed by atoms with Gasteiger partial charge >= 0.3 is 0 Å². The van der Waals surface area contributed by atoms with Crippen molar-refractivity contribution in [1.29, 1.82) is 0 Å². The van der Waals surface area contributed by atoms with Gasteiger partial charge in [0.25, 0.3) is 0 Å². The monoisotopic (exact) mass is 353 g/mol. The highest BCUT2D eigenvalue weighted by Gasteiger charge is 2.14. The van der Waals surface area contributed by atoms with E-state index >= 15 is 0 Å². The zero-order valence-electron chi connectivity index (χ0n) is 9.41. The lowest BCUT2D eigenvalue weighted by molar-refractivity contribution is 0.412. The second-order valence-electron chi connectivity index (χ2n) is 3.52. The van der Waals surface area contributed by atoms with Gasteiger partial charge in [0.15, 0.2) is 0 Å². The van der Waals surface area contributed by atoms with Crippen LogP contribution in [0.3, 0.4) is 0 Å². The Morgan fingerprint density at radius 2 is 2.17 bits per heavy atom. The van der Waals surface area contributed by atoms with Crippen LogP contribution in [0.5, 0.6) is 5.75 Å². The van der Waals surface area contributed by atoms with E-state index in [2.05, 4.69) is 42.9 Å².